The van der Waals surface area contributed by atoms with Crippen LogP contribution in [-0.4, -0.2) is 48.8 Å². The topological polar surface area (TPSA) is 104 Å². The lowest BCUT2D eigenvalue weighted by molar-refractivity contribution is -0.140. The monoisotopic (exact) mass is 362 g/mol. The van der Waals surface area contributed by atoms with Gasteiger partial charge >= 0.3 is 5.97 Å². The molecule has 130 valence electrons. The fraction of sp³-hybridized carbons (Fsp3) is 0.571. The standard InChI is InChI=1S/C14H22N2O5S2/c1-5-16(6-2)23(20,21)10-7-11(22-8-10)13(17)15-12(9(3)4)14(18)19/h7-9,12H,5-6H2,1-4H3,(H,15,17)(H,18,19)/t12-/m0/s1. The first-order chi connectivity index (χ1) is 10.6. The molecule has 9 heteroatoms. The van der Waals surface area contributed by atoms with Crippen LogP contribution in [0.15, 0.2) is 16.3 Å². The van der Waals surface area contributed by atoms with Crippen molar-refractivity contribution >= 4 is 33.2 Å². The highest BCUT2D eigenvalue weighted by Crippen LogP contribution is 2.23. The van der Waals surface area contributed by atoms with Crippen LogP contribution >= 0.6 is 11.3 Å². The highest BCUT2D eigenvalue weighted by atomic mass is 32.2. The number of carbonyl (C=O) groups excluding carboxylic acids is 1. The van der Waals surface area contributed by atoms with Crippen LogP contribution in [0.5, 0.6) is 0 Å². The second kappa shape index (κ2) is 7.89. The van der Waals surface area contributed by atoms with Gasteiger partial charge < -0.3 is 10.4 Å². The molecule has 0 aliphatic heterocycles. The van der Waals surface area contributed by atoms with Crippen molar-refractivity contribution in [3.8, 4) is 0 Å². The third kappa shape index (κ3) is 4.52. The van der Waals surface area contributed by atoms with Crippen LogP contribution in [-0.2, 0) is 14.8 Å². The summed E-state index contributed by atoms with van der Waals surface area (Å²) in [6, 6.07) is 0.264. The number of rotatable bonds is 8. The van der Waals surface area contributed by atoms with E-state index in [1.807, 2.05) is 0 Å². The molecule has 1 aromatic rings. The molecule has 0 saturated carbocycles. The van der Waals surface area contributed by atoms with E-state index >= 15 is 0 Å². The minimum absolute atomic E-state index is 0.0489. The summed E-state index contributed by atoms with van der Waals surface area (Å²) in [5.74, 6) is -1.99. The molecule has 1 amide bonds. The van der Waals surface area contributed by atoms with Crippen molar-refractivity contribution in [2.24, 2.45) is 5.92 Å². The van der Waals surface area contributed by atoms with Gasteiger partial charge in [0, 0.05) is 18.5 Å². The third-order valence-electron chi connectivity index (χ3n) is 3.36. The molecule has 0 saturated heterocycles. The van der Waals surface area contributed by atoms with Crippen LogP contribution < -0.4 is 5.32 Å². The molecule has 1 aromatic heterocycles. The first-order valence-electron chi connectivity index (χ1n) is 7.27. The van der Waals surface area contributed by atoms with Crippen molar-refractivity contribution in [3.63, 3.8) is 0 Å². The zero-order valence-corrected chi connectivity index (χ0v) is 15.2. The van der Waals surface area contributed by atoms with Crippen LogP contribution in [0.1, 0.15) is 37.4 Å². The van der Waals surface area contributed by atoms with Crippen molar-refractivity contribution in [2.45, 2.75) is 38.6 Å². The molecule has 0 unspecified atom stereocenters. The summed E-state index contributed by atoms with van der Waals surface area (Å²) in [5, 5.41) is 12.9. The zero-order valence-electron chi connectivity index (χ0n) is 13.6. The Hall–Kier alpha value is -1.45. The van der Waals surface area contributed by atoms with E-state index in [1.165, 1.54) is 15.8 Å². The maximum absolute atomic E-state index is 12.4. The number of nitrogens with one attached hydrogen (secondary N) is 1. The molecule has 1 heterocycles. The van der Waals surface area contributed by atoms with Gasteiger partial charge in [0.05, 0.1) is 9.77 Å². The maximum atomic E-state index is 12.4. The van der Waals surface area contributed by atoms with E-state index in [0.29, 0.717) is 13.1 Å². The Balaban J connectivity index is 3.00. The predicted molar refractivity (Wildman–Crippen MR) is 88.2 cm³/mol. The number of amides is 1. The van der Waals surface area contributed by atoms with Gasteiger partial charge in [-0.15, -0.1) is 11.3 Å². The predicted octanol–water partition coefficient (Wildman–Crippen LogP) is 1.62. The first-order valence-corrected chi connectivity index (χ1v) is 9.59. The van der Waals surface area contributed by atoms with Crippen LogP contribution in [0.25, 0.3) is 0 Å². The number of aliphatic carboxylic acids is 1. The Morgan fingerprint density at radius 3 is 2.30 bits per heavy atom. The summed E-state index contributed by atoms with van der Waals surface area (Å²) in [6.07, 6.45) is 0. The van der Waals surface area contributed by atoms with Crippen LogP contribution in [0.4, 0.5) is 0 Å². The minimum atomic E-state index is -3.63. The fourth-order valence-electron chi connectivity index (χ4n) is 2.01. The molecule has 7 nitrogen and oxygen atoms in total. The summed E-state index contributed by atoms with van der Waals surface area (Å²) < 4.78 is 26.0. The average Bonchev–Trinajstić information content (AvgIpc) is 2.95. The number of carboxylic acids is 1. The van der Waals surface area contributed by atoms with Gasteiger partial charge in [0.15, 0.2) is 0 Å². The lowest BCUT2D eigenvalue weighted by Crippen LogP contribution is -2.44. The number of hydrogen-bond acceptors (Lipinski definition) is 5. The van der Waals surface area contributed by atoms with E-state index in [0.717, 1.165) is 11.3 Å². The van der Waals surface area contributed by atoms with Gasteiger partial charge in [-0.2, -0.15) is 4.31 Å². The maximum Gasteiger partial charge on any atom is 0.326 e. The second-order valence-corrected chi connectivity index (χ2v) is 8.12. The Kier molecular flexibility index (Phi) is 6.72. The highest BCUT2D eigenvalue weighted by molar-refractivity contribution is 7.89. The fourth-order valence-corrected chi connectivity index (χ4v) is 4.63. The van der Waals surface area contributed by atoms with E-state index in [2.05, 4.69) is 5.32 Å². The molecule has 2 N–H and O–H groups in total. The summed E-state index contributed by atoms with van der Waals surface area (Å²) in [6.45, 7) is 7.52. The molecule has 1 rings (SSSR count). The lowest BCUT2D eigenvalue weighted by Gasteiger charge is -2.17. The molecule has 0 aromatic carbocycles. The molecule has 0 bridgehead atoms. The number of thiophene rings is 1. The van der Waals surface area contributed by atoms with Crippen molar-refractivity contribution in [1.29, 1.82) is 0 Å². The lowest BCUT2D eigenvalue weighted by atomic mass is 10.0. The van der Waals surface area contributed by atoms with Gasteiger partial charge in [-0.3, -0.25) is 4.79 Å². The van der Waals surface area contributed by atoms with Gasteiger partial charge in [0.25, 0.3) is 5.91 Å². The van der Waals surface area contributed by atoms with Gasteiger partial charge in [-0.05, 0) is 12.0 Å². The molecule has 0 spiro atoms. The third-order valence-corrected chi connectivity index (χ3v) is 6.47. The van der Waals surface area contributed by atoms with Crippen LogP contribution in [0.2, 0.25) is 0 Å². The van der Waals surface area contributed by atoms with Crippen LogP contribution in [0, 0.1) is 5.92 Å². The van der Waals surface area contributed by atoms with Gasteiger partial charge in [-0.1, -0.05) is 27.7 Å². The van der Waals surface area contributed by atoms with E-state index in [1.54, 1.807) is 27.7 Å². The molecular formula is C14H22N2O5S2. The Labute approximate surface area is 140 Å². The SMILES string of the molecule is CCN(CC)S(=O)(=O)c1csc(C(=O)N[C@H](C(=O)O)C(C)C)c1. The summed E-state index contributed by atoms with van der Waals surface area (Å²) >= 11 is 0.978. The summed E-state index contributed by atoms with van der Waals surface area (Å²) in [7, 11) is -3.63. The number of carbonyl (C=O) groups is 2. The van der Waals surface area contributed by atoms with E-state index in [4.69, 9.17) is 5.11 Å². The van der Waals surface area contributed by atoms with Gasteiger partial charge in [0.1, 0.15) is 6.04 Å². The molecule has 0 fully saturated rings. The normalized spacial score (nSPS) is 13.3. The Morgan fingerprint density at radius 1 is 1.30 bits per heavy atom. The molecular weight excluding hydrogens is 340 g/mol. The summed E-state index contributed by atoms with van der Waals surface area (Å²) in [4.78, 5) is 23.5. The smallest absolute Gasteiger partial charge is 0.326 e. The molecule has 0 aliphatic rings. The first kappa shape index (κ1) is 19.6. The van der Waals surface area contributed by atoms with Crippen molar-refractivity contribution < 1.29 is 23.1 Å². The molecule has 1 atom stereocenters. The second-order valence-electron chi connectivity index (χ2n) is 5.27. The number of hydrogen-bond donors (Lipinski definition) is 2. The number of carboxylic acid groups (broad SMARTS) is 1. The molecule has 0 aliphatic carbocycles. The van der Waals surface area contributed by atoms with E-state index in [-0.39, 0.29) is 15.7 Å². The average molecular weight is 362 g/mol. The van der Waals surface area contributed by atoms with Crippen molar-refractivity contribution in [2.75, 3.05) is 13.1 Å². The molecule has 0 radical (unpaired) electrons. The quantitative estimate of drug-likeness (QED) is 0.731. The highest BCUT2D eigenvalue weighted by Gasteiger charge is 2.27. The van der Waals surface area contributed by atoms with Gasteiger partial charge in [0.2, 0.25) is 10.0 Å². The number of nitrogens with zero attached hydrogens (tertiary/aromatic N) is 1. The van der Waals surface area contributed by atoms with E-state index < -0.39 is 27.9 Å². The number of sulfonamides is 1. The Morgan fingerprint density at radius 2 is 1.87 bits per heavy atom. The summed E-state index contributed by atoms with van der Waals surface area (Å²) in [5.41, 5.74) is 0. The van der Waals surface area contributed by atoms with Crippen LogP contribution in [0.3, 0.4) is 0 Å². The Bertz CT molecular complexity index is 662. The van der Waals surface area contributed by atoms with E-state index in [9.17, 15) is 18.0 Å². The van der Waals surface area contributed by atoms with Crippen molar-refractivity contribution in [3.05, 3.63) is 16.3 Å². The zero-order chi connectivity index (χ0) is 17.8. The molecule has 23 heavy (non-hydrogen) atoms. The minimum Gasteiger partial charge on any atom is -0.480 e. The van der Waals surface area contributed by atoms with Gasteiger partial charge in [-0.25, -0.2) is 13.2 Å². The van der Waals surface area contributed by atoms with Crippen molar-refractivity contribution in [1.82, 2.24) is 9.62 Å². The largest absolute Gasteiger partial charge is 0.480 e.